The first-order chi connectivity index (χ1) is 14.6. The number of nitrogens with one attached hydrogen (secondary N) is 3. The minimum atomic E-state index is -0.561. The largest absolute Gasteiger partial charge is 0.322 e. The zero-order chi connectivity index (χ0) is 20.7. The normalized spacial score (nSPS) is 31.3. The highest BCUT2D eigenvalue weighted by Crippen LogP contribution is 2.41. The van der Waals surface area contributed by atoms with Crippen LogP contribution >= 0.6 is 0 Å². The van der Waals surface area contributed by atoms with Gasteiger partial charge < -0.3 is 15.5 Å². The Bertz CT molecular complexity index is 877. The first-order valence-electron chi connectivity index (χ1n) is 11.3. The SMILES string of the molecule is O=C1CCC(N2Cc3c(CNC4CCCCC45CCNC5)cccc3C2=O)C(=O)N1. The molecule has 2 saturated heterocycles. The molecule has 3 atom stereocenters. The quantitative estimate of drug-likeness (QED) is 0.654. The highest BCUT2D eigenvalue weighted by molar-refractivity contribution is 6.05. The van der Waals surface area contributed by atoms with E-state index in [1.807, 2.05) is 12.1 Å². The fourth-order valence-corrected chi connectivity index (χ4v) is 5.95. The lowest BCUT2D eigenvalue weighted by Crippen LogP contribution is -2.52. The van der Waals surface area contributed by atoms with Crippen LogP contribution in [0.4, 0.5) is 0 Å². The van der Waals surface area contributed by atoms with Gasteiger partial charge in [0.25, 0.3) is 5.91 Å². The van der Waals surface area contributed by atoms with Crippen LogP contribution in [0.3, 0.4) is 0 Å². The molecule has 3 heterocycles. The Kier molecular flexibility index (Phi) is 5.11. The number of amides is 3. The average molecular weight is 411 g/mol. The Morgan fingerprint density at radius 2 is 2.03 bits per heavy atom. The number of carbonyl (C=O) groups is 3. The van der Waals surface area contributed by atoms with Crippen molar-refractivity contribution >= 4 is 17.7 Å². The summed E-state index contributed by atoms with van der Waals surface area (Å²) in [6, 6.07) is 5.83. The second kappa shape index (κ2) is 7.78. The molecule has 0 bridgehead atoms. The molecule has 7 nitrogen and oxygen atoms in total. The summed E-state index contributed by atoms with van der Waals surface area (Å²) in [6.07, 6.45) is 6.99. The molecule has 4 aliphatic rings. The maximum Gasteiger partial charge on any atom is 0.255 e. The van der Waals surface area contributed by atoms with Gasteiger partial charge in [0.15, 0.2) is 0 Å². The summed E-state index contributed by atoms with van der Waals surface area (Å²) in [5.74, 6) is -0.714. The number of piperidine rings is 1. The maximum atomic E-state index is 13.0. The highest BCUT2D eigenvalue weighted by atomic mass is 16.2. The Hall–Kier alpha value is -2.25. The summed E-state index contributed by atoms with van der Waals surface area (Å²) in [5, 5.41) is 9.76. The smallest absolute Gasteiger partial charge is 0.255 e. The monoisotopic (exact) mass is 410 g/mol. The van der Waals surface area contributed by atoms with Crippen LogP contribution in [0, 0.1) is 5.41 Å². The molecule has 1 aromatic carbocycles. The number of nitrogens with zero attached hydrogens (tertiary/aromatic N) is 1. The molecule has 3 unspecified atom stereocenters. The van der Waals surface area contributed by atoms with Gasteiger partial charge in [-0.3, -0.25) is 19.7 Å². The number of imide groups is 1. The molecule has 5 rings (SSSR count). The van der Waals surface area contributed by atoms with E-state index in [1.54, 1.807) is 4.90 Å². The van der Waals surface area contributed by atoms with E-state index in [0.717, 1.165) is 30.8 Å². The number of carbonyl (C=O) groups excluding carboxylic acids is 3. The van der Waals surface area contributed by atoms with Crippen molar-refractivity contribution in [3.8, 4) is 0 Å². The molecule has 3 fully saturated rings. The van der Waals surface area contributed by atoms with E-state index in [0.29, 0.717) is 30.0 Å². The lowest BCUT2D eigenvalue weighted by molar-refractivity contribution is -0.136. The molecular formula is C23H30N4O3. The third-order valence-corrected chi connectivity index (χ3v) is 7.65. The van der Waals surface area contributed by atoms with Crippen LogP contribution in [-0.4, -0.2) is 47.8 Å². The summed E-state index contributed by atoms with van der Waals surface area (Å²) in [4.78, 5) is 38.4. The van der Waals surface area contributed by atoms with Crippen molar-refractivity contribution in [3.63, 3.8) is 0 Å². The van der Waals surface area contributed by atoms with E-state index >= 15 is 0 Å². The molecule has 160 valence electrons. The second-order valence-electron chi connectivity index (χ2n) is 9.31. The average Bonchev–Trinajstić information content (AvgIpc) is 3.33. The van der Waals surface area contributed by atoms with Gasteiger partial charge >= 0.3 is 0 Å². The van der Waals surface area contributed by atoms with Crippen molar-refractivity contribution in [1.29, 1.82) is 0 Å². The van der Waals surface area contributed by atoms with Crippen molar-refractivity contribution in [2.45, 2.75) is 70.1 Å². The first kappa shape index (κ1) is 19.7. The van der Waals surface area contributed by atoms with Crippen LogP contribution < -0.4 is 16.0 Å². The van der Waals surface area contributed by atoms with E-state index in [9.17, 15) is 14.4 Å². The molecule has 0 radical (unpaired) electrons. The predicted molar refractivity (Wildman–Crippen MR) is 112 cm³/mol. The number of rotatable bonds is 4. The minimum Gasteiger partial charge on any atom is -0.322 e. The number of benzene rings is 1. The van der Waals surface area contributed by atoms with E-state index in [-0.39, 0.29) is 24.1 Å². The van der Waals surface area contributed by atoms with Gasteiger partial charge in [0, 0.05) is 37.7 Å². The molecule has 7 heteroatoms. The minimum absolute atomic E-state index is 0.101. The Labute approximate surface area is 177 Å². The van der Waals surface area contributed by atoms with Crippen molar-refractivity contribution in [3.05, 3.63) is 34.9 Å². The van der Waals surface area contributed by atoms with Gasteiger partial charge in [0.1, 0.15) is 6.04 Å². The Balaban J connectivity index is 1.32. The van der Waals surface area contributed by atoms with Crippen molar-refractivity contribution < 1.29 is 14.4 Å². The van der Waals surface area contributed by atoms with Crippen LogP contribution in [0.25, 0.3) is 0 Å². The number of fused-ring (bicyclic) bond motifs is 1. The molecule has 1 aromatic rings. The zero-order valence-corrected chi connectivity index (χ0v) is 17.3. The molecule has 30 heavy (non-hydrogen) atoms. The first-order valence-corrected chi connectivity index (χ1v) is 11.3. The topological polar surface area (TPSA) is 90.5 Å². The number of hydrogen-bond donors (Lipinski definition) is 3. The second-order valence-corrected chi connectivity index (χ2v) is 9.31. The standard InChI is InChI=1S/C23H30N4O3/c28-20-8-7-18(21(29)26-20)27-13-17-15(4-3-5-16(17)22(27)30)12-25-19-6-1-2-9-23(19)10-11-24-14-23/h3-5,18-19,24-25H,1-2,6-14H2,(H,26,28,29). The third-order valence-electron chi connectivity index (χ3n) is 7.65. The predicted octanol–water partition coefficient (Wildman–Crippen LogP) is 1.46. The summed E-state index contributed by atoms with van der Waals surface area (Å²) < 4.78 is 0. The summed E-state index contributed by atoms with van der Waals surface area (Å²) in [5.41, 5.74) is 3.22. The van der Waals surface area contributed by atoms with Gasteiger partial charge in [0.05, 0.1) is 0 Å². The van der Waals surface area contributed by atoms with Crippen molar-refractivity contribution in [2.75, 3.05) is 13.1 Å². The molecule has 0 aromatic heterocycles. The van der Waals surface area contributed by atoms with E-state index < -0.39 is 6.04 Å². The van der Waals surface area contributed by atoms with Gasteiger partial charge in [0.2, 0.25) is 11.8 Å². The Morgan fingerprint density at radius 3 is 2.83 bits per heavy atom. The molecule has 3 aliphatic heterocycles. The lowest BCUT2D eigenvalue weighted by Gasteiger charge is -2.41. The summed E-state index contributed by atoms with van der Waals surface area (Å²) in [6.45, 7) is 3.38. The highest BCUT2D eigenvalue weighted by Gasteiger charge is 2.43. The molecule has 1 spiro atoms. The lowest BCUT2D eigenvalue weighted by atomic mass is 9.69. The fraction of sp³-hybridized carbons (Fsp3) is 0.609. The summed E-state index contributed by atoms with van der Waals surface area (Å²) >= 11 is 0. The van der Waals surface area contributed by atoms with Crippen molar-refractivity contribution in [2.24, 2.45) is 5.41 Å². The van der Waals surface area contributed by atoms with E-state index in [2.05, 4.69) is 22.0 Å². The number of hydrogen-bond acceptors (Lipinski definition) is 5. The Morgan fingerprint density at radius 1 is 1.13 bits per heavy atom. The molecule has 3 amide bonds. The molecule has 3 N–H and O–H groups in total. The van der Waals surface area contributed by atoms with Crippen LogP contribution in [0.2, 0.25) is 0 Å². The molecule has 1 saturated carbocycles. The van der Waals surface area contributed by atoms with Gasteiger partial charge in [-0.1, -0.05) is 25.0 Å². The third kappa shape index (κ3) is 3.34. The molecular weight excluding hydrogens is 380 g/mol. The van der Waals surface area contributed by atoms with E-state index in [4.69, 9.17) is 0 Å². The zero-order valence-electron chi connectivity index (χ0n) is 17.3. The van der Waals surface area contributed by atoms with Gasteiger partial charge in [-0.2, -0.15) is 0 Å². The van der Waals surface area contributed by atoms with Crippen LogP contribution in [0.1, 0.15) is 66.4 Å². The van der Waals surface area contributed by atoms with E-state index in [1.165, 1.54) is 32.1 Å². The maximum absolute atomic E-state index is 13.0. The fourth-order valence-electron chi connectivity index (χ4n) is 5.95. The van der Waals surface area contributed by atoms with Gasteiger partial charge in [-0.25, -0.2) is 0 Å². The van der Waals surface area contributed by atoms with Crippen molar-refractivity contribution in [1.82, 2.24) is 20.9 Å². The van der Waals surface area contributed by atoms with Crippen LogP contribution in [0.5, 0.6) is 0 Å². The summed E-state index contributed by atoms with van der Waals surface area (Å²) in [7, 11) is 0. The molecule has 1 aliphatic carbocycles. The van der Waals surface area contributed by atoms with Crippen LogP contribution in [-0.2, 0) is 22.7 Å². The van der Waals surface area contributed by atoms with Gasteiger partial charge in [-0.15, -0.1) is 0 Å². The van der Waals surface area contributed by atoms with Crippen LogP contribution in [0.15, 0.2) is 18.2 Å². The van der Waals surface area contributed by atoms with Gasteiger partial charge in [-0.05, 0) is 54.8 Å².